The zero-order valence-corrected chi connectivity index (χ0v) is 20.9. The zero-order chi connectivity index (χ0) is 24.6. The number of aromatic nitrogens is 1. The number of hydrogen-bond acceptors (Lipinski definition) is 5. The summed E-state index contributed by atoms with van der Waals surface area (Å²) >= 11 is 1.55. The summed E-state index contributed by atoms with van der Waals surface area (Å²) in [5.41, 5.74) is 2.53. The van der Waals surface area contributed by atoms with Gasteiger partial charge in [0.2, 0.25) is 0 Å². The maximum absolute atomic E-state index is 13.5. The number of aryl methyl sites for hydroxylation is 1. The number of carbonyl (C=O) groups excluding carboxylic acids is 3. The molecule has 1 atom stereocenters. The van der Waals surface area contributed by atoms with E-state index in [1.54, 1.807) is 16.8 Å². The van der Waals surface area contributed by atoms with Crippen molar-refractivity contribution < 1.29 is 14.4 Å². The van der Waals surface area contributed by atoms with E-state index in [-0.39, 0.29) is 23.8 Å². The fourth-order valence-corrected chi connectivity index (χ4v) is 6.28. The second-order valence-corrected chi connectivity index (χ2v) is 10.4. The first-order valence-electron chi connectivity index (χ1n) is 12.2. The predicted molar refractivity (Wildman–Crippen MR) is 136 cm³/mol. The first-order valence-corrected chi connectivity index (χ1v) is 13.1. The number of piperidine rings is 1. The average molecular weight is 491 g/mol. The number of urea groups is 1. The summed E-state index contributed by atoms with van der Waals surface area (Å²) < 4.78 is 0. The van der Waals surface area contributed by atoms with Gasteiger partial charge in [-0.05, 0) is 55.0 Å². The highest BCUT2D eigenvalue weighted by atomic mass is 32.1. The van der Waals surface area contributed by atoms with E-state index in [9.17, 15) is 14.4 Å². The van der Waals surface area contributed by atoms with Gasteiger partial charge in [-0.15, -0.1) is 11.3 Å². The number of nitrogens with one attached hydrogen (secondary N) is 1. The van der Waals surface area contributed by atoms with Crippen LogP contribution in [0.15, 0.2) is 48.0 Å². The summed E-state index contributed by atoms with van der Waals surface area (Å²) in [4.78, 5) is 48.1. The van der Waals surface area contributed by atoms with Crippen LogP contribution in [0, 0.1) is 12.8 Å². The first kappa shape index (κ1) is 23.5. The maximum Gasteiger partial charge on any atom is 0.325 e. The quantitative estimate of drug-likeness (QED) is 0.519. The highest BCUT2D eigenvalue weighted by Crippen LogP contribution is 2.36. The number of likely N-dealkylation sites (tertiary alicyclic amines) is 1. The van der Waals surface area contributed by atoms with Gasteiger partial charge in [0.1, 0.15) is 5.54 Å². The van der Waals surface area contributed by atoms with Crippen LogP contribution < -0.4 is 5.32 Å². The minimum Gasteiger partial charge on any atom is -0.339 e. The van der Waals surface area contributed by atoms with Gasteiger partial charge in [0.15, 0.2) is 0 Å². The normalized spacial score (nSPS) is 21.1. The molecule has 0 bridgehead atoms. The third-order valence-corrected chi connectivity index (χ3v) is 8.64. The number of carbonyl (C=O) groups is 3. The van der Waals surface area contributed by atoms with E-state index in [0.717, 1.165) is 21.3 Å². The van der Waals surface area contributed by atoms with Gasteiger partial charge in [0.05, 0.1) is 11.2 Å². The topological polar surface area (TPSA) is 82.6 Å². The van der Waals surface area contributed by atoms with Crippen molar-refractivity contribution in [3.05, 3.63) is 64.1 Å². The van der Waals surface area contributed by atoms with Crippen LogP contribution in [-0.4, -0.2) is 57.8 Å². The summed E-state index contributed by atoms with van der Waals surface area (Å²) in [6.07, 6.45) is 2.52. The maximum atomic E-state index is 13.5. The van der Waals surface area contributed by atoms with E-state index in [4.69, 9.17) is 0 Å². The van der Waals surface area contributed by atoms with E-state index < -0.39 is 5.54 Å². The molecule has 2 aromatic carbocycles. The molecule has 2 saturated heterocycles. The average Bonchev–Trinajstić information content (AvgIpc) is 3.41. The molecule has 35 heavy (non-hydrogen) atoms. The lowest BCUT2D eigenvalue weighted by atomic mass is 9.75. The van der Waals surface area contributed by atoms with Gasteiger partial charge < -0.3 is 10.2 Å². The molecule has 2 fully saturated rings. The molecule has 0 saturated carbocycles. The Bertz CT molecular complexity index is 1280. The van der Waals surface area contributed by atoms with Crippen molar-refractivity contribution in [1.29, 1.82) is 0 Å². The van der Waals surface area contributed by atoms with Crippen LogP contribution in [0.25, 0.3) is 10.8 Å². The standard InChI is InChI=1S/C27H30N4O3S/c1-3-27(25(33)31(26(34)29-27)15-12-23-18(2)28-17-35-23)22-10-13-30(14-11-22)24(32)21-9-8-19-6-4-5-7-20(19)16-21/h4-9,16-17,22H,3,10-15H2,1-2H3,(H,29,34). The smallest absolute Gasteiger partial charge is 0.325 e. The van der Waals surface area contributed by atoms with Crippen LogP contribution in [0.3, 0.4) is 0 Å². The molecule has 4 amide bonds. The molecule has 5 rings (SSSR count). The third-order valence-electron chi connectivity index (χ3n) is 7.64. The summed E-state index contributed by atoms with van der Waals surface area (Å²) in [5, 5.41) is 5.21. The minimum absolute atomic E-state index is 0.000237. The minimum atomic E-state index is -0.891. The van der Waals surface area contributed by atoms with E-state index in [1.165, 1.54) is 4.90 Å². The molecular weight excluding hydrogens is 460 g/mol. The van der Waals surface area contributed by atoms with Crippen LogP contribution in [0.2, 0.25) is 0 Å². The number of amides is 4. The lowest BCUT2D eigenvalue weighted by Crippen LogP contribution is -2.56. The summed E-state index contributed by atoms with van der Waals surface area (Å²) in [5.74, 6) is -0.116. The van der Waals surface area contributed by atoms with Gasteiger partial charge in [0.25, 0.3) is 11.8 Å². The van der Waals surface area contributed by atoms with Crippen LogP contribution >= 0.6 is 11.3 Å². The second-order valence-electron chi connectivity index (χ2n) is 9.45. The van der Waals surface area contributed by atoms with Crippen LogP contribution in [0.5, 0.6) is 0 Å². The Hall–Kier alpha value is -3.26. The van der Waals surface area contributed by atoms with Crippen LogP contribution in [0.4, 0.5) is 4.79 Å². The van der Waals surface area contributed by atoms with E-state index >= 15 is 0 Å². The number of hydrogen-bond donors (Lipinski definition) is 1. The monoisotopic (exact) mass is 490 g/mol. The van der Waals surface area contributed by atoms with E-state index in [0.29, 0.717) is 50.9 Å². The molecule has 2 aliphatic rings. The van der Waals surface area contributed by atoms with Crippen molar-refractivity contribution in [2.24, 2.45) is 5.92 Å². The van der Waals surface area contributed by atoms with Crippen molar-refractivity contribution in [1.82, 2.24) is 20.1 Å². The van der Waals surface area contributed by atoms with E-state index in [1.807, 2.05) is 61.2 Å². The molecule has 7 nitrogen and oxygen atoms in total. The molecule has 0 spiro atoms. The van der Waals surface area contributed by atoms with Crippen molar-refractivity contribution in [2.75, 3.05) is 19.6 Å². The summed E-state index contributed by atoms with van der Waals surface area (Å²) in [6.45, 7) is 5.40. The molecule has 1 N–H and O–H groups in total. The number of rotatable bonds is 6. The predicted octanol–water partition coefficient (Wildman–Crippen LogP) is 4.40. The SMILES string of the molecule is CCC1(C2CCN(C(=O)c3ccc4ccccc4c3)CC2)NC(=O)N(CCc2scnc2C)C1=O. The van der Waals surface area contributed by atoms with Gasteiger partial charge >= 0.3 is 6.03 Å². The molecular formula is C27H30N4O3S. The first-order chi connectivity index (χ1) is 16.9. The number of imide groups is 1. The van der Waals surface area contributed by atoms with Gasteiger partial charge in [-0.1, -0.05) is 37.3 Å². The Morgan fingerprint density at radius 1 is 1.14 bits per heavy atom. The molecule has 8 heteroatoms. The van der Waals surface area contributed by atoms with Crippen molar-refractivity contribution in [3.63, 3.8) is 0 Å². The molecule has 0 aliphatic carbocycles. The van der Waals surface area contributed by atoms with Gasteiger partial charge in [-0.3, -0.25) is 14.5 Å². The highest BCUT2D eigenvalue weighted by Gasteiger charge is 2.54. The molecule has 3 heterocycles. The Morgan fingerprint density at radius 2 is 1.89 bits per heavy atom. The molecule has 0 radical (unpaired) electrons. The van der Waals surface area contributed by atoms with E-state index in [2.05, 4.69) is 10.3 Å². The van der Waals surface area contributed by atoms with Crippen LogP contribution in [0.1, 0.15) is 47.1 Å². The Balaban J connectivity index is 1.25. The Morgan fingerprint density at radius 3 is 2.57 bits per heavy atom. The van der Waals surface area contributed by atoms with Crippen LogP contribution in [-0.2, 0) is 11.2 Å². The van der Waals surface area contributed by atoms with Gasteiger partial charge in [0, 0.05) is 36.5 Å². The molecule has 1 aromatic heterocycles. The van der Waals surface area contributed by atoms with Gasteiger partial charge in [-0.25, -0.2) is 9.78 Å². The Kier molecular flexibility index (Phi) is 6.32. The number of fused-ring (bicyclic) bond motifs is 1. The Labute approximate surface area is 209 Å². The summed E-state index contributed by atoms with van der Waals surface area (Å²) in [6, 6.07) is 13.5. The fraction of sp³-hybridized carbons (Fsp3) is 0.407. The molecule has 3 aromatic rings. The van der Waals surface area contributed by atoms with Gasteiger partial charge in [-0.2, -0.15) is 0 Å². The third kappa shape index (κ3) is 4.20. The largest absolute Gasteiger partial charge is 0.339 e. The number of thiazole rings is 1. The fourth-order valence-electron chi connectivity index (χ4n) is 5.51. The zero-order valence-electron chi connectivity index (χ0n) is 20.1. The number of benzene rings is 2. The number of nitrogens with zero attached hydrogens (tertiary/aromatic N) is 3. The summed E-state index contributed by atoms with van der Waals surface area (Å²) in [7, 11) is 0. The second kappa shape index (κ2) is 9.41. The molecule has 2 aliphatic heterocycles. The van der Waals surface area contributed by atoms with Crippen molar-refractivity contribution in [3.8, 4) is 0 Å². The van der Waals surface area contributed by atoms with Crippen molar-refractivity contribution >= 4 is 40.0 Å². The molecule has 182 valence electrons. The lowest BCUT2D eigenvalue weighted by Gasteiger charge is -2.40. The highest BCUT2D eigenvalue weighted by molar-refractivity contribution is 7.09. The molecule has 1 unspecified atom stereocenters. The lowest BCUT2D eigenvalue weighted by molar-refractivity contribution is -0.134. The van der Waals surface area contributed by atoms with Crippen molar-refractivity contribution in [2.45, 2.75) is 45.1 Å².